The van der Waals surface area contributed by atoms with Crippen molar-refractivity contribution >= 4 is 11.3 Å². The second-order valence-corrected chi connectivity index (χ2v) is 5.58. The quantitative estimate of drug-likeness (QED) is 0.913. The Kier molecular flexibility index (Phi) is 4.68. The maximum atomic E-state index is 10.7. The highest BCUT2D eigenvalue weighted by Crippen LogP contribution is 2.37. The summed E-state index contributed by atoms with van der Waals surface area (Å²) in [6.45, 7) is 4.07. The minimum Gasteiger partial charge on any atom is -0.493 e. The number of aliphatic hydroxyl groups excluding tert-OH is 1. The van der Waals surface area contributed by atoms with Gasteiger partial charge < -0.3 is 14.6 Å². The van der Waals surface area contributed by atoms with E-state index in [0.717, 1.165) is 22.4 Å². The molecule has 0 aliphatic heterocycles. The molecule has 1 heterocycles. The predicted octanol–water partition coefficient (Wildman–Crippen LogP) is 3.72. The summed E-state index contributed by atoms with van der Waals surface area (Å²) in [4.78, 5) is 1.00. The molecule has 1 atom stereocenters. The van der Waals surface area contributed by atoms with Gasteiger partial charge in [-0.3, -0.25) is 0 Å². The van der Waals surface area contributed by atoms with Gasteiger partial charge in [0.05, 0.1) is 14.2 Å². The van der Waals surface area contributed by atoms with Crippen LogP contribution in [0.5, 0.6) is 11.5 Å². The van der Waals surface area contributed by atoms with Crippen LogP contribution in [0.4, 0.5) is 0 Å². The SMILES string of the molecule is CCc1ccsc1C(O)c1cc(OC)c(OC)cc1C. The summed E-state index contributed by atoms with van der Waals surface area (Å²) >= 11 is 1.59. The molecule has 0 saturated heterocycles. The van der Waals surface area contributed by atoms with E-state index in [-0.39, 0.29) is 0 Å². The van der Waals surface area contributed by atoms with Crippen molar-refractivity contribution in [1.82, 2.24) is 0 Å². The molecule has 1 aromatic carbocycles. The number of thiophene rings is 1. The van der Waals surface area contributed by atoms with Crippen molar-refractivity contribution in [3.8, 4) is 11.5 Å². The fourth-order valence-corrected chi connectivity index (χ4v) is 3.31. The van der Waals surface area contributed by atoms with Gasteiger partial charge in [-0.1, -0.05) is 6.92 Å². The molecule has 0 amide bonds. The van der Waals surface area contributed by atoms with Crippen molar-refractivity contribution in [3.63, 3.8) is 0 Å². The number of rotatable bonds is 5. The standard InChI is InChI=1S/C16H20O3S/c1-5-11-6-7-20-16(11)15(17)12-9-14(19-4)13(18-3)8-10(12)2/h6-9,15,17H,5H2,1-4H3. The zero-order valence-corrected chi connectivity index (χ0v) is 13.1. The monoisotopic (exact) mass is 292 g/mol. The van der Waals surface area contributed by atoms with Crippen molar-refractivity contribution in [3.05, 3.63) is 45.1 Å². The van der Waals surface area contributed by atoms with Gasteiger partial charge >= 0.3 is 0 Å². The van der Waals surface area contributed by atoms with Crippen LogP contribution >= 0.6 is 11.3 Å². The van der Waals surface area contributed by atoms with E-state index in [4.69, 9.17) is 9.47 Å². The lowest BCUT2D eigenvalue weighted by molar-refractivity contribution is 0.221. The summed E-state index contributed by atoms with van der Waals surface area (Å²) in [6.07, 6.45) is 0.298. The first-order valence-electron chi connectivity index (χ1n) is 6.59. The first-order valence-corrected chi connectivity index (χ1v) is 7.47. The highest BCUT2D eigenvalue weighted by molar-refractivity contribution is 7.10. The topological polar surface area (TPSA) is 38.7 Å². The number of ether oxygens (including phenoxy) is 2. The Bertz CT molecular complexity index is 589. The van der Waals surface area contributed by atoms with Crippen LogP contribution in [-0.2, 0) is 6.42 Å². The summed E-state index contributed by atoms with van der Waals surface area (Å²) in [5.74, 6) is 1.32. The zero-order chi connectivity index (χ0) is 14.7. The molecule has 0 aliphatic carbocycles. The molecule has 1 aromatic heterocycles. The van der Waals surface area contributed by atoms with Gasteiger partial charge in [0.25, 0.3) is 0 Å². The van der Waals surface area contributed by atoms with Crippen molar-refractivity contribution in [2.24, 2.45) is 0 Å². The average Bonchev–Trinajstić information content (AvgIpc) is 2.94. The van der Waals surface area contributed by atoms with Gasteiger partial charge in [0, 0.05) is 4.88 Å². The number of aryl methyl sites for hydroxylation is 2. The highest BCUT2D eigenvalue weighted by atomic mass is 32.1. The first kappa shape index (κ1) is 14.9. The molecule has 0 spiro atoms. The molecule has 4 heteroatoms. The van der Waals surface area contributed by atoms with Gasteiger partial charge in [-0.2, -0.15) is 0 Å². The van der Waals surface area contributed by atoms with Crippen molar-refractivity contribution in [1.29, 1.82) is 0 Å². The predicted molar refractivity (Wildman–Crippen MR) is 82.0 cm³/mol. The smallest absolute Gasteiger partial charge is 0.161 e. The second-order valence-electron chi connectivity index (χ2n) is 4.63. The summed E-state index contributed by atoms with van der Waals surface area (Å²) in [5, 5.41) is 12.7. The molecule has 3 nitrogen and oxygen atoms in total. The van der Waals surface area contributed by atoms with Gasteiger partial charge in [-0.15, -0.1) is 11.3 Å². The van der Waals surface area contributed by atoms with Crippen LogP contribution in [0.25, 0.3) is 0 Å². The Hall–Kier alpha value is -1.52. The Labute approximate surface area is 123 Å². The molecule has 0 fully saturated rings. The van der Waals surface area contributed by atoms with E-state index in [9.17, 15) is 5.11 Å². The van der Waals surface area contributed by atoms with Crippen molar-refractivity contribution < 1.29 is 14.6 Å². The number of hydrogen-bond donors (Lipinski definition) is 1. The number of aliphatic hydroxyl groups is 1. The van der Waals surface area contributed by atoms with Crippen LogP contribution in [0.3, 0.4) is 0 Å². The molecule has 2 rings (SSSR count). The fourth-order valence-electron chi connectivity index (χ4n) is 2.31. The Balaban J connectivity index is 2.46. The first-order chi connectivity index (χ1) is 9.62. The average molecular weight is 292 g/mol. The lowest BCUT2D eigenvalue weighted by Gasteiger charge is -2.17. The molecular weight excluding hydrogens is 272 g/mol. The Morgan fingerprint density at radius 3 is 2.45 bits per heavy atom. The van der Waals surface area contributed by atoms with E-state index in [0.29, 0.717) is 11.5 Å². The highest BCUT2D eigenvalue weighted by Gasteiger charge is 2.19. The molecule has 1 N–H and O–H groups in total. The Morgan fingerprint density at radius 2 is 1.85 bits per heavy atom. The minimum absolute atomic E-state index is 0.621. The van der Waals surface area contributed by atoms with Crippen LogP contribution in [0.1, 0.15) is 34.6 Å². The van der Waals surface area contributed by atoms with E-state index in [1.54, 1.807) is 25.6 Å². The molecule has 0 radical (unpaired) electrons. The van der Waals surface area contributed by atoms with Crippen LogP contribution in [0.2, 0.25) is 0 Å². The van der Waals surface area contributed by atoms with Crippen LogP contribution in [-0.4, -0.2) is 19.3 Å². The van der Waals surface area contributed by atoms with Gasteiger partial charge in [0.15, 0.2) is 11.5 Å². The van der Waals surface area contributed by atoms with Crippen molar-refractivity contribution in [2.75, 3.05) is 14.2 Å². The van der Waals surface area contributed by atoms with Gasteiger partial charge in [0.2, 0.25) is 0 Å². The number of hydrogen-bond acceptors (Lipinski definition) is 4. The van der Waals surface area contributed by atoms with E-state index in [2.05, 4.69) is 13.0 Å². The molecule has 0 bridgehead atoms. The zero-order valence-electron chi connectivity index (χ0n) is 12.3. The van der Waals surface area contributed by atoms with E-state index in [1.165, 1.54) is 5.56 Å². The molecule has 1 unspecified atom stereocenters. The Morgan fingerprint density at radius 1 is 1.20 bits per heavy atom. The normalized spacial score (nSPS) is 12.2. The van der Waals surface area contributed by atoms with E-state index < -0.39 is 6.10 Å². The van der Waals surface area contributed by atoms with Crippen molar-refractivity contribution in [2.45, 2.75) is 26.4 Å². The molecule has 20 heavy (non-hydrogen) atoms. The van der Waals surface area contributed by atoms with Crippen LogP contribution < -0.4 is 9.47 Å². The third-order valence-electron chi connectivity index (χ3n) is 3.48. The lowest BCUT2D eigenvalue weighted by Crippen LogP contribution is -2.04. The summed E-state index contributed by atoms with van der Waals surface area (Å²) in [6, 6.07) is 5.83. The maximum absolute atomic E-state index is 10.7. The maximum Gasteiger partial charge on any atom is 0.161 e. The summed E-state index contributed by atoms with van der Waals surface area (Å²) < 4.78 is 10.6. The summed E-state index contributed by atoms with van der Waals surface area (Å²) in [7, 11) is 3.22. The number of methoxy groups -OCH3 is 2. The number of benzene rings is 1. The lowest BCUT2D eigenvalue weighted by atomic mass is 9.99. The van der Waals surface area contributed by atoms with E-state index >= 15 is 0 Å². The third kappa shape index (κ3) is 2.67. The summed E-state index contributed by atoms with van der Waals surface area (Å²) in [5.41, 5.74) is 3.04. The fraction of sp³-hybridized carbons (Fsp3) is 0.375. The largest absolute Gasteiger partial charge is 0.493 e. The van der Waals surface area contributed by atoms with Gasteiger partial charge in [-0.25, -0.2) is 0 Å². The van der Waals surface area contributed by atoms with Crippen LogP contribution in [0.15, 0.2) is 23.6 Å². The molecule has 108 valence electrons. The molecule has 0 aliphatic rings. The molecule has 0 saturated carbocycles. The van der Waals surface area contributed by atoms with Gasteiger partial charge in [0.1, 0.15) is 6.10 Å². The second kappa shape index (κ2) is 6.29. The van der Waals surface area contributed by atoms with Gasteiger partial charge in [-0.05, 0) is 53.6 Å². The third-order valence-corrected chi connectivity index (χ3v) is 4.49. The van der Waals surface area contributed by atoms with E-state index in [1.807, 2.05) is 24.4 Å². The molecule has 2 aromatic rings. The van der Waals surface area contributed by atoms with Crippen LogP contribution in [0, 0.1) is 6.92 Å². The molecular formula is C16H20O3S. The minimum atomic E-state index is -0.621.